The second-order valence-electron chi connectivity index (χ2n) is 7.46. The number of benzene rings is 1. The van der Waals surface area contributed by atoms with Gasteiger partial charge in [0.1, 0.15) is 5.60 Å². The second kappa shape index (κ2) is 8.41. The predicted molar refractivity (Wildman–Crippen MR) is 100 cm³/mol. The van der Waals surface area contributed by atoms with Crippen LogP contribution in [0.1, 0.15) is 27.2 Å². The maximum Gasteiger partial charge on any atom is 0.410 e. The topological polar surface area (TPSA) is 130 Å². The first-order chi connectivity index (χ1) is 13.0. The molecule has 1 aliphatic rings. The Morgan fingerprint density at radius 3 is 2.54 bits per heavy atom. The van der Waals surface area contributed by atoms with Gasteiger partial charge in [-0.3, -0.25) is 10.1 Å². The number of para-hydroxylation sites is 1. The summed E-state index contributed by atoms with van der Waals surface area (Å²) in [7, 11) is -4.25. The summed E-state index contributed by atoms with van der Waals surface area (Å²) in [6.45, 7) is 4.80. The van der Waals surface area contributed by atoms with E-state index in [0.717, 1.165) is 10.4 Å². The number of sulfonamides is 1. The first-order valence-electron chi connectivity index (χ1n) is 8.81. The Kier molecular flexibility index (Phi) is 6.63. The van der Waals surface area contributed by atoms with Gasteiger partial charge in [0.15, 0.2) is 4.90 Å². The lowest BCUT2D eigenvalue weighted by atomic mass is 10.2. The Bertz CT molecular complexity index is 835. The number of carbonyl (C=O) groups excluding carboxylic acids is 1. The van der Waals surface area contributed by atoms with Crippen molar-refractivity contribution in [3.63, 3.8) is 0 Å². The number of carbonyl (C=O) groups is 1. The molecule has 1 atom stereocenters. The molecule has 1 unspecified atom stereocenters. The van der Waals surface area contributed by atoms with E-state index in [1.165, 1.54) is 23.1 Å². The Morgan fingerprint density at radius 1 is 1.32 bits per heavy atom. The molecule has 0 spiro atoms. The molecule has 2 rings (SSSR count). The summed E-state index contributed by atoms with van der Waals surface area (Å²) in [5, 5.41) is 21.0. The van der Waals surface area contributed by atoms with Crippen molar-refractivity contribution in [1.82, 2.24) is 9.21 Å². The fraction of sp³-hybridized carbons (Fsp3) is 0.588. The Labute approximate surface area is 163 Å². The molecule has 0 radical (unpaired) electrons. The maximum absolute atomic E-state index is 13.1. The SMILES string of the molecule is CC(C)(C)OC(=O)N1CCCN(S(=O)(=O)c2ccccc2[N+](=O)[O-])C(CO)C1. The number of amides is 1. The molecule has 10 nitrogen and oxygen atoms in total. The summed E-state index contributed by atoms with van der Waals surface area (Å²) in [6, 6.07) is 4.12. The molecule has 0 aliphatic carbocycles. The number of hydrogen-bond donors (Lipinski definition) is 1. The maximum atomic E-state index is 13.1. The van der Waals surface area contributed by atoms with Crippen LogP contribution in [0.3, 0.4) is 0 Å². The molecule has 1 amide bonds. The van der Waals surface area contributed by atoms with E-state index in [1.54, 1.807) is 20.8 Å². The molecular weight excluding hydrogens is 390 g/mol. The van der Waals surface area contributed by atoms with Crippen molar-refractivity contribution in [2.24, 2.45) is 0 Å². The van der Waals surface area contributed by atoms with Gasteiger partial charge in [0.2, 0.25) is 10.0 Å². The van der Waals surface area contributed by atoms with Crippen LogP contribution in [0.15, 0.2) is 29.2 Å². The third-order valence-electron chi connectivity index (χ3n) is 4.16. The summed E-state index contributed by atoms with van der Waals surface area (Å²) in [5.74, 6) is 0. The van der Waals surface area contributed by atoms with Crippen molar-refractivity contribution in [2.45, 2.75) is 43.7 Å². The van der Waals surface area contributed by atoms with Crippen LogP contribution in [0.5, 0.6) is 0 Å². The quantitative estimate of drug-likeness (QED) is 0.583. The van der Waals surface area contributed by atoms with E-state index >= 15 is 0 Å². The van der Waals surface area contributed by atoms with Gasteiger partial charge in [0.25, 0.3) is 5.69 Å². The zero-order chi connectivity index (χ0) is 21.1. The van der Waals surface area contributed by atoms with Crippen molar-refractivity contribution in [2.75, 3.05) is 26.2 Å². The van der Waals surface area contributed by atoms with E-state index in [2.05, 4.69) is 0 Å². The summed E-state index contributed by atoms with van der Waals surface area (Å²) in [6.07, 6.45) is -0.300. The number of nitro benzene ring substituents is 1. The highest BCUT2D eigenvalue weighted by atomic mass is 32.2. The van der Waals surface area contributed by atoms with Crippen LogP contribution in [0.25, 0.3) is 0 Å². The van der Waals surface area contributed by atoms with Crippen molar-refractivity contribution >= 4 is 21.8 Å². The molecule has 1 aliphatic heterocycles. The first-order valence-corrected chi connectivity index (χ1v) is 10.3. The highest BCUT2D eigenvalue weighted by Crippen LogP contribution is 2.29. The van der Waals surface area contributed by atoms with Gasteiger partial charge in [0, 0.05) is 25.7 Å². The summed E-state index contributed by atoms with van der Waals surface area (Å²) >= 11 is 0. The Hall–Kier alpha value is -2.24. The molecule has 1 saturated heterocycles. The van der Waals surface area contributed by atoms with Gasteiger partial charge in [-0.15, -0.1) is 0 Å². The molecule has 1 heterocycles. The molecule has 1 fully saturated rings. The van der Waals surface area contributed by atoms with Crippen molar-refractivity contribution < 1.29 is 28.0 Å². The van der Waals surface area contributed by atoms with Crippen LogP contribution in [-0.2, 0) is 14.8 Å². The van der Waals surface area contributed by atoms with E-state index in [-0.39, 0.29) is 19.6 Å². The summed E-state index contributed by atoms with van der Waals surface area (Å²) < 4.78 is 32.6. The van der Waals surface area contributed by atoms with Crippen LogP contribution in [-0.4, -0.2) is 71.6 Å². The summed E-state index contributed by atoms with van der Waals surface area (Å²) in [5.41, 5.74) is -1.25. The van der Waals surface area contributed by atoms with Crippen LogP contribution in [0, 0.1) is 10.1 Å². The standard InChI is InChI=1S/C17H25N3O7S/c1-17(2,3)27-16(22)18-9-6-10-19(13(11-18)12-21)28(25,26)15-8-5-4-7-14(15)20(23)24/h4-5,7-8,13,21H,6,9-12H2,1-3H3. The highest BCUT2D eigenvalue weighted by molar-refractivity contribution is 7.89. The molecule has 11 heteroatoms. The van der Waals surface area contributed by atoms with Gasteiger partial charge in [-0.1, -0.05) is 12.1 Å². The smallest absolute Gasteiger partial charge is 0.410 e. The van der Waals surface area contributed by atoms with Crippen molar-refractivity contribution in [3.05, 3.63) is 34.4 Å². The average molecular weight is 415 g/mol. The zero-order valence-electron chi connectivity index (χ0n) is 16.1. The lowest BCUT2D eigenvalue weighted by Crippen LogP contribution is -2.48. The number of aliphatic hydroxyl groups excluding tert-OH is 1. The minimum atomic E-state index is -4.25. The largest absolute Gasteiger partial charge is 0.444 e. The van der Waals surface area contributed by atoms with Crippen LogP contribution < -0.4 is 0 Å². The number of rotatable bonds is 4. The minimum Gasteiger partial charge on any atom is -0.444 e. The second-order valence-corrected chi connectivity index (χ2v) is 9.32. The first kappa shape index (κ1) is 22.1. The normalized spacial score (nSPS) is 19.1. The molecule has 0 aromatic heterocycles. The highest BCUT2D eigenvalue weighted by Gasteiger charge is 2.39. The third-order valence-corrected chi connectivity index (χ3v) is 6.16. The average Bonchev–Trinajstić information content (AvgIpc) is 2.83. The fourth-order valence-electron chi connectivity index (χ4n) is 2.95. The van der Waals surface area contributed by atoms with Crippen LogP contribution in [0.2, 0.25) is 0 Å². The van der Waals surface area contributed by atoms with E-state index < -0.39 is 49.9 Å². The van der Waals surface area contributed by atoms with E-state index in [9.17, 15) is 28.4 Å². The van der Waals surface area contributed by atoms with Crippen molar-refractivity contribution in [3.8, 4) is 0 Å². The van der Waals surface area contributed by atoms with Crippen molar-refractivity contribution in [1.29, 1.82) is 0 Å². The van der Waals surface area contributed by atoms with E-state index in [1.807, 2.05) is 0 Å². The Morgan fingerprint density at radius 2 is 1.96 bits per heavy atom. The number of aliphatic hydroxyl groups is 1. The van der Waals surface area contributed by atoms with Gasteiger partial charge in [0.05, 0.1) is 17.6 Å². The van der Waals surface area contributed by atoms with Crippen LogP contribution >= 0.6 is 0 Å². The molecule has 28 heavy (non-hydrogen) atoms. The van der Waals surface area contributed by atoms with E-state index in [0.29, 0.717) is 6.42 Å². The molecule has 0 saturated carbocycles. The molecule has 1 N–H and O–H groups in total. The summed E-state index contributed by atoms with van der Waals surface area (Å²) in [4.78, 5) is 23.8. The number of nitrogens with zero attached hydrogens (tertiary/aromatic N) is 3. The van der Waals surface area contributed by atoms with E-state index in [4.69, 9.17) is 4.74 Å². The Balaban J connectivity index is 2.33. The van der Waals surface area contributed by atoms with Gasteiger partial charge >= 0.3 is 6.09 Å². The number of hydrogen-bond acceptors (Lipinski definition) is 7. The molecule has 0 bridgehead atoms. The molecular formula is C17H25N3O7S. The van der Waals surface area contributed by atoms with Gasteiger partial charge < -0.3 is 14.7 Å². The van der Waals surface area contributed by atoms with Gasteiger partial charge in [-0.05, 0) is 33.3 Å². The fourth-order valence-corrected chi connectivity index (χ4v) is 4.75. The monoisotopic (exact) mass is 415 g/mol. The van der Waals surface area contributed by atoms with Gasteiger partial charge in [-0.25, -0.2) is 13.2 Å². The lowest BCUT2D eigenvalue weighted by molar-refractivity contribution is -0.387. The molecule has 1 aromatic rings. The molecule has 156 valence electrons. The lowest BCUT2D eigenvalue weighted by Gasteiger charge is -2.30. The predicted octanol–water partition coefficient (Wildman–Crippen LogP) is 1.59. The number of nitro groups is 1. The zero-order valence-corrected chi connectivity index (χ0v) is 16.9. The van der Waals surface area contributed by atoms with Gasteiger partial charge in [-0.2, -0.15) is 4.31 Å². The van der Waals surface area contributed by atoms with Crippen LogP contribution in [0.4, 0.5) is 10.5 Å². The third kappa shape index (κ3) is 4.97. The molecule has 1 aromatic carbocycles. The number of ether oxygens (including phenoxy) is 1. The minimum absolute atomic E-state index is 0.0128.